The van der Waals surface area contributed by atoms with Crippen LogP contribution in [0, 0.1) is 0 Å². The molecule has 0 aliphatic carbocycles. The fourth-order valence-electron chi connectivity index (χ4n) is 2.46. The smallest absolute Gasteiger partial charge is 0.325 e. The van der Waals surface area contributed by atoms with Crippen LogP contribution in [0.2, 0.25) is 0 Å². The van der Waals surface area contributed by atoms with Gasteiger partial charge in [0.25, 0.3) is 0 Å². The predicted molar refractivity (Wildman–Crippen MR) is 75.2 cm³/mol. The molecule has 0 spiro atoms. The topological polar surface area (TPSA) is 50.8 Å². The van der Waals surface area contributed by atoms with Gasteiger partial charge in [-0.3, -0.25) is 9.69 Å². The number of ether oxygens (including phenoxy) is 2. The molecule has 1 rings (SSSR count). The molecule has 0 aromatic rings. The van der Waals surface area contributed by atoms with Gasteiger partial charge in [0, 0.05) is 13.1 Å². The molecule has 1 aliphatic heterocycles. The van der Waals surface area contributed by atoms with E-state index in [0.29, 0.717) is 6.10 Å². The first kappa shape index (κ1) is 16.4. The van der Waals surface area contributed by atoms with E-state index in [1.807, 2.05) is 6.92 Å². The predicted octanol–water partition coefficient (Wildman–Crippen LogP) is 1.03. The number of hydrogen-bond acceptors (Lipinski definition) is 5. The fourth-order valence-corrected chi connectivity index (χ4v) is 2.46. The molecule has 1 aliphatic rings. The molecule has 0 bridgehead atoms. The van der Waals surface area contributed by atoms with Crippen molar-refractivity contribution in [3.05, 3.63) is 0 Å². The quantitative estimate of drug-likeness (QED) is 0.554. The van der Waals surface area contributed by atoms with Gasteiger partial charge in [-0.15, -0.1) is 0 Å². The highest BCUT2D eigenvalue weighted by molar-refractivity contribution is 5.80. The van der Waals surface area contributed by atoms with Crippen LogP contribution in [0.4, 0.5) is 0 Å². The molecular formula is C14H28N2O3. The van der Waals surface area contributed by atoms with Crippen molar-refractivity contribution in [1.29, 1.82) is 0 Å². The van der Waals surface area contributed by atoms with Gasteiger partial charge >= 0.3 is 5.97 Å². The number of hydrogen-bond donors (Lipinski definition) is 1. The Kier molecular flexibility index (Phi) is 6.75. The average molecular weight is 272 g/mol. The van der Waals surface area contributed by atoms with E-state index >= 15 is 0 Å². The van der Waals surface area contributed by atoms with Crippen molar-refractivity contribution < 1.29 is 14.3 Å². The van der Waals surface area contributed by atoms with Gasteiger partial charge in [-0.2, -0.15) is 0 Å². The van der Waals surface area contributed by atoms with Gasteiger partial charge in [-0.05, 0) is 46.7 Å². The van der Waals surface area contributed by atoms with Crippen molar-refractivity contribution >= 4 is 5.97 Å². The number of carbonyl (C=O) groups excluding carboxylic acids is 1. The van der Waals surface area contributed by atoms with E-state index in [-0.39, 0.29) is 5.97 Å². The SMILES string of the molecule is CNC(C)(CCCCN1CCOC(C)C1)C(=O)OC. The van der Waals surface area contributed by atoms with Crippen LogP contribution in [0.15, 0.2) is 0 Å². The van der Waals surface area contributed by atoms with Gasteiger partial charge in [0.15, 0.2) is 0 Å². The van der Waals surface area contributed by atoms with Crippen LogP contribution < -0.4 is 5.32 Å². The number of morpholine rings is 1. The molecule has 5 heteroatoms. The summed E-state index contributed by atoms with van der Waals surface area (Å²) in [6.45, 7) is 7.95. The minimum atomic E-state index is -0.562. The first-order valence-corrected chi connectivity index (χ1v) is 7.13. The molecule has 5 nitrogen and oxygen atoms in total. The normalized spacial score (nSPS) is 23.9. The van der Waals surface area contributed by atoms with Gasteiger partial charge in [0.05, 0.1) is 19.8 Å². The Hall–Kier alpha value is -0.650. The second kappa shape index (κ2) is 7.82. The minimum Gasteiger partial charge on any atom is -0.468 e. The van der Waals surface area contributed by atoms with E-state index in [4.69, 9.17) is 9.47 Å². The number of unbranched alkanes of at least 4 members (excludes halogenated alkanes) is 1. The zero-order chi connectivity index (χ0) is 14.3. The maximum absolute atomic E-state index is 11.7. The molecule has 2 atom stereocenters. The number of methoxy groups -OCH3 is 1. The third kappa shape index (κ3) is 5.09. The molecule has 0 aromatic carbocycles. The lowest BCUT2D eigenvalue weighted by Crippen LogP contribution is -2.48. The lowest BCUT2D eigenvalue weighted by atomic mass is 9.95. The van der Waals surface area contributed by atoms with Crippen LogP contribution in [-0.4, -0.2) is 62.9 Å². The van der Waals surface area contributed by atoms with E-state index < -0.39 is 5.54 Å². The molecule has 0 radical (unpaired) electrons. The third-order valence-corrected chi connectivity index (χ3v) is 3.91. The largest absolute Gasteiger partial charge is 0.468 e. The molecular weight excluding hydrogens is 244 g/mol. The van der Waals surface area contributed by atoms with E-state index in [1.54, 1.807) is 7.05 Å². The Morgan fingerprint density at radius 3 is 2.84 bits per heavy atom. The summed E-state index contributed by atoms with van der Waals surface area (Å²) in [4.78, 5) is 14.1. The Morgan fingerprint density at radius 1 is 1.53 bits per heavy atom. The number of nitrogens with zero attached hydrogens (tertiary/aromatic N) is 1. The zero-order valence-corrected chi connectivity index (χ0v) is 12.7. The molecule has 2 unspecified atom stereocenters. The molecule has 0 aromatic heterocycles. The van der Waals surface area contributed by atoms with Gasteiger partial charge in [0.1, 0.15) is 5.54 Å². The van der Waals surface area contributed by atoms with Crippen LogP contribution in [0.5, 0.6) is 0 Å². The molecule has 1 N–H and O–H groups in total. The summed E-state index contributed by atoms with van der Waals surface area (Å²) >= 11 is 0. The van der Waals surface area contributed by atoms with Gasteiger partial charge < -0.3 is 14.8 Å². The molecule has 0 saturated carbocycles. The van der Waals surface area contributed by atoms with Crippen molar-refractivity contribution in [2.24, 2.45) is 0 Å². The molecule has 1 heterocycles. The number of carbonyl (C=O) groups is 1. The van der Waals surface area contributed by atoms with Crippen molar-refractivity contribution in [2.45, 2.75) is 44.8 Å². The minimum absolute atomic E-state index is 0.185. The van der Waals surface area contributed by atoms with Crippen LogP contribution in [0.1, 0.15) is 33.1 Å². The second-order valence-electron chi connectivity index (χ2n) is 5.51. The first-order valence-electron chi connectivity index (χ1n) is 7.13. The van der Waals surface area contributed by atoms with Crippen LogP contribution >= 0.6 is 0 Å². The summed E-state index contributed by atoms with van der Waals surface area (Å²) in [5, 5.41) is 3.07. The molecule has 1 fully saturated rings. The number of esters is 1. The number of nitrogens with one attached hydrogen (secondary N) is 1. The monoisotopic (exact) mass is 272 g/mol. The lowest BCUT2D eigenvalue weighted by Gasteiger charge is -2.31. The lowest BCUT2D eigenvalue weighted by molar-refractivity contribution is -0.148. The first-order chi connectivity index (χ1) is 9.01. The third-order valence-electron chi connectivity index (χ3n) is 3.91. The molecule has 19 heavy (non-hydrogen) atoms. The van der Waals surface area contributed by atoms with E-state index in [9.17, 15) is 4.79 Å². The van der Waals surface area contributed by atoms with Crippen molar-refractivity contribution in [3.8, 4) is 0 Å². The maximum atomic E-state index is 11.7. The van der Waals surface area contributed by atoms with Gasteiger partial charge in [-0.1, -0.05) is 0 Å². The second-order valence-corrected chi connectivity index (χ2v) is 5.51. The van der Waals surface area contributed by atoms with Crippen molar-refractivity contribution in [3.63, 3.8) is 0 Å². The summed E-state index contributed by atoms with van der Waals surface area (Å²) in [7, 11) is 3.24. The highest BCUT2D eigenvalue weighted by atomic mass is 16.5. The summed E-state index contributed by atoms with van der Waals surface area (Å²) in [5.41, 5.74) is -0.562. The van der Waals surface area contributed by atoms with Gasteiger partial charge in [0.2, 0.25) is 0 Å². The number of rotatable bonds is 7. The Bertz CT molecular complexity index is 286. The summed E-state index contributed by atoms with van der Waals surface area (Å²) < 4.78 is 10.4. The Balaban J connectivity index is 2.23. The Labute approximate surface area is 116 Å². The van der Waals surface area contributed by atoms with Crippen molar-refractivity contribution in [1.82, 2.24) is 10.2 Å². The maximum Gasteiger partial charge on any atom is 0.325 e. The van der Waals surface area contributed by atoms with Crippen molar-refractivity contribution in [2.75, 3.05) is 40.4 Å². The summed E-state index contributed by atoms with van der Waals surface area (Å²) in [5.74, 6) is -0.185. The molecule has 1 saturated heterocycles. The highest BCUT2D eigenvalue weighted by Crippen LogP contribution is 2.16. The zero-order valence-electron chi connectivity index (χ0n) is 12.7. The highest BCUT2D eigenvalue weighted by Gasteiger charge is 2.31. The summed E-state index contributed by atoms with van der Waals surface area (Å²) in [6, 6.07) is 0. The van der Waals surface area contributed by atoms with E-state index in [2.05, 4.69) is 17.1 Å². The van der Waals surface area contributed by atoms with Crippen LogP contribution in [-0.2, 0) is 14.3 Å². The van der Waals surface area contributed by atoms with Crippen LogP contribution in [0.25, 0.3) is 0 Å². The van der Waals surface area contributed by atoms with E-state index in [0.717, 1.165) is 45.5 Å². The average Bonchev–Trinajstić information content (AvgIpc) is 2.42. The Morgan fingerprint density at radius 2 is 2.26 bits per heavy atom. The van der Waals surface area contributed by atoms with E-state index in [1.165, 1.54) is 7.11 Å². The number of likely N-dealkylation sites (N-methyl/N-ethyl adjacent to an activating group) is 1. The van der Waals surface area contributed by atoms with Crippen LogP contribution in [0.3, 0.4) is 0 Å². The molecule has 112 valence electrons. The fraction of sp³-hybridized carbons (Fsp3) is 0.929. The molecule has 0 amide bonds. The standard InChI is InChI=1S/C14H28N2O3/c1-12-11-16(9-10-19-12)8-6-5-7-14(2,15-3)13(17)18-4/h12,15H,5-11H2,1-4H3. The summed E-state index contributed by atoms with van der Waals surface area (Å²) in [6.07, 6.45) is 3.25. The van der Waals surface area contributed by atoms with Gasteiger partial charge in [-0.25, -0.2) is 0 Å².